The highest BCUT2D eigenvalue weighted by Gasteiger charge is 2.42. The Balaban J connectivity index is 1.99. The number of amides is 1. The number of carbonyl (C=O) groups is 1. The van der Waals surface area contributed by atoms with Crippen molar-refractivity contribution >= 4 is 44.5 Å². The molecule has 0 bridgehead atoms. The summed E-state index contributed by atoms with van der Waals surface area (Å²) in [6.45, 7) is 4.36. The maximum atomic E-state index is 13.5. The van der Waals surface area contributed by atoms with Crippen molar-refractivity contribution in [2.75, 3.05) is 19.8 Å². The van der Waals surface area contributed by atoms with E-state index < -0.39 is 15.6 Å². The third-order valence-corrected chi connectivity index (χ3v) is 8.30. The Bertz CT molecular complexity index is 1080. The lowest BCUT2D eigenvalue weighted by Gasteiger charge is -2.31. The Morgan fingerprint density at radius 2 is 1.87 bits per heavy atom. The lowest BCUT2D eigenvalue weighted by atomic mass is 10.0. The number of halogens is 1. The summed E-state index contributed by atoms with van der Waals surface area (Å²) in [4.78, 5) is 19.8. The number of carbonyl (C=O) groups excluding carboxylic acids is 1. The molecule has 2 aromatic rings. The molecule has 0 aliphatic carbocycles. The molecule has 3 rings (SSSR count). The van der Waals surface area contributed by atoms with E-state index >= 15 is 0 Å². The average Bonchev–Trinajstić information content (AvgIpc) is 3.01. The minimum atomic E-state index is -3.69. The van der Waals surface area contributed by atoms with Crippen molar-refractivity contribution in [3.05, 3.63) is 64.7 Å². The highest BCUT2D eigenvalue weighted by molar-refractivity contribution is 8.14. The van der Waals surface area contributed by atoms with E-state index in [2.05, 4.69) is 4.99 Å². The van der Waals surface area contributed by atoms with E-state index in [1.807, 2.05) is 44.2 Å². The second kappa shape index (κ2) is 8.70. The fraction of sp³-hybridized carbons (Fsp3) is 0.333. The van der Waals surface area contributed by atoms with Crippen LogP contribution in [0.15, 0.2) is 58.4 Å². The van der Waals surface area contributed by atoms with Crippen LogP contribution in [0.1, 0.15) is 29.8 Å². The van der Waals surface area contributed by atoms with Crippen LogP contribution in [0.4, 0.5) is 0 Å². The Labute approximate surface area is 187 Å². The minimum Gasteiger partial charge on any atom is -0.281 e. The zero-order valence-electron chi connectivity index (χ0n) is 17.3. The molecular weight excluding hydrogens is 442 g/mol. The van der Waals surface area contributed by atoms with Gasteiger partial charge in [-0.15, -0.1) is 0 Å². The summed E-state index contributed by atoms with van der Waals surface area (Å²) in [7, 11) is -0.804. The van der Waals surface area contributed by atoms with E-state index in [9.17, 15) is 13.2 Å². The number of sulfonamides is 1. The first-order chi connectivity index (χ1) is 14.0. The molecule has 1 amide bonds. The van der Waals surface area contributed by atoms with E-state index in [0.717, 1.165) is 9.87 Å². The molecule has 160 valence electrons. The van der Waals surface area contributed by atoms with Crippen molar-refractivity contribution in [2.24, 2.45) is 4.99 Å². The van der Waals surface area contributed by atoms with Gasteiger partial charge in [-0.2, -0.15) is 0 Å². The van der Waals surface area contributed by atoms with Crippen molar-refractivity contribution < 1.29 is 13.2 Å². The predicted octanol–water partition coefficient (Wildman–Crippen LogP) is 4.11. The van der Waals surface area contributed by atoms with E-state index in [0.29, 0.717) is 17.5 Å². The van der Waals surface area contributed by atoms with Crippen LogP contribution >= 0.6 is 23.4 Å². The number of aliphatic imine (C=N–C) groups is 1. The largest absolute Gasteiger partial charge is 0.281 e. The molecule has 0 N–H and O–H groups in total. The van der Waals surface area contributed by atoms with Gasteiger partial charge in [-0.3, -0.25) is 14.7 Å². The highest BCUT2D eigenvalue weighted by atomic mass is 35.5. The third kappa shape index (κ3) is 4.56. The van der Waals surface area contributed by atoms with Gasteiger partial charge in [0.2, 0.25) is 10.0 Å². The van der Waals surface area contributed by atoms with Crippen LogP contribution < -0.4 is 0 Å². The minimum absolute atomic E-state index is 0.0210. The molecule has 6 nitrogen and oxygen atoms in total. The molecule has 1 aliphatic heterocycles. The van der Waals surface area contributed by atoms with Gasteiger partial charge in [0.25, 0.3) is 5.91 Å². The number of benzene rings is 2. The molecule has 0 unspecified atom stereocenters. The van der Waals surface area contributed by atoms with Crippen LogP contribution in [-0.2, 0) is 16.6 Å². The van der Waals surface area contributed by atoms with E-state index in [4.69, 9.17) is 11.6 Å². The summed E-state index contributed by atoms with van der Waals surface area (Å²) >= 11 is 7.82. The summed E-state index contributed by atoms with van der Waals surface area (Å²) < 4.78 is 26.1. The number of hydrogen-bond acceptors (Lipinski definition) is 5. The van der Waals surface area contributed by atoms with Crippen molar-refractivity contribution in [2.45, 2.75) is 30.8 Å². The van der Waals surface area contributed by atoms with Crippen molar-refractivity contribution in [1.82, 2.24) is 9.21 Å². The molecule has 0 radical (unpaired) electrons. The Kier molecular flexibility index (Phi) is 6.62. The molecule has 1 heterocycles. The van der Waals surface area contributed by atoms with Crippen LogP contribution in [0, 0.1) is 0 Å². The number of hydrogen-bond donors (Lipinski definition) is 0. The molecule has 1 saturated heterocycles. The SMILES string of the molecule is CN(C)S(=O)(=O)c1ccc(Cl)c(C(=O)N2C(=NCc3ccccc3)SCC2(C)C)c1. The first-order valence-electron chi connectivity index (χ1n) is 9.32. The second-order valence-corrected chi connectivity index (χ2v) is 11.3. The molecular formula is C21H24ClN3O3S2. The molecule has 1 aliphatic rings. The molecule has 2 aromatic carbocycles. The normalized spacial score (nSPS) is 17.7. The maximum Gasteiger partial charge on any atom is 0.261 e. The van der Waals surface area contributed by atoms with Gasteiger partial charge in [-0.1, -0.05) is 53.7 Å². The fourth-order valence-corrected chi connectivity index (χ4v) is 5.36. The molecule has 1 fully saturated rings. The smallest absolute Gasteiger partial charge is 0.261 e. The summed E-state index contributed by atoms with van der Waals surface area (Å²) in [5.41, 5.74) is 0.694. The van der Waals surface area contributed by atoms with Gasteiger partial charge >= 0.3 is 0 Å². The van der Waals surface area contributed by atoms with Gasteiger partial charge in [-0.05, 0) is 37.6 Å². The number of rotatable bonds is 5. The standard InChI is InChI=1S/C21H24ClN3O3S2/c1-21(2)14-29-20(23-13-15-8-6-5-7-9-15)25(21)19(26)17-12-16(10-11-18(17)22)30(27,28)24(3)4/h5-12H,13-14H2,1-4H3. The monoisotopic (exact) mass is 465 g/mol. The highest BCUT2D eigenvalue weighted by Crippen LogP contribution is 2.36. The van der Waals surface area contributed by atoms with Crippen molar-refractivity contribution in [3.8, 4) is 0 Å². The fourth-order valence-electron chi connectivity index (χ4n) is 3.01. The summed E-state index contributed by atoms with van der Waals surface area (Å²) in [6, 6.07) is 14.0. The van der Waals surface area contributed by atoms with Gasteiger partial charge in [-0.25, -0.2) is 12.7 Å². The molecule has 30 heavy (non-hydrogen) atoms. The Hall–Kier alpha value is -1.87. The van der Waals surface area contributed by atoms with Gasteiger partial charge in [0.1, 0.15) is 0 Å². The Morgan fingerprint density at radius 3 is 2.50 bits per heavy atom. The predicted molar refractivity (Wildman–Crippen MR) is 123 cm³/mol. The quantitative estimate of drug-likeness (QED) is 0.666. The Morgan fingerprint density at radius 1 is 1.20 bits per heavy atom. The van der Waals surface area contributed by atoms with Crippen molar-refractivity contribution in [1.29, 1.82) is 0 Å². The average molecular weight is 466 g/mol. The van der Waals surface area contributed by atoms with Gasteiger partial charge in [0, 0.05) is 19.8 Å². The van der Waals surface area contributed by atoms with E-state index in [1.54, 1.807) is 4.90 Å². The van der Waals surface area contributed by atoms with E-state index in [1.165, 1.54) is 44.1 Å². The van der Waals surface area contributed by atoms with Crippen LogP contribution in [-0.4, -0.2) is 54.1 Å². The lowest BCUT2D eigenvalue weighted by Crippen LogP contribution is -2.46. The summed E-state index contributed by atoms with van der Waals surface area (Å²) in [5.74, 6) is 0.317. The second-order valence-electron chi connectivity index (χ2n) is 7.76. The van der Waals surface area contributed by atoms with Crippen LogP contribution in [0.25, 0.3) is 0 Å². The molecule has 0 aromatic heterocycles. The van der Waals surface area contributed by atoms with Crippen LogP contribution in [0.2, 0.25) is 5.02 Å². The van der Waals surface area contributed by atoms with Crippen LogP contribution in [0.3, 0.4) is 0 Å². The molecule has 0 atom stereocenters. The molecule has 0 saturated carbocycles. The van der Waals surface area contributed by atoms with Gasteiger partial charge < -0.3 is 0 Å². The van der Waals surface area contributed by atoms with Gasteiger partial charge in [0.15, 0.2) is 5.17 Å². The van der Waals surface area contributed by atoms with Crippen LogP contribution in [0.5, 0.6) is 0 Å². The number of thioether (sulfide) groups is 1. The summed E-state index contributed by atoms with van der Waals surface area (Å²) in [6.07, 6.45) is 0. The first kappa shape index (κ1) is 22.8. The number of amidine groups is 1. The van der Waals surface area contributed by atoms with Crippen molar-refractivity contribution in [3.63, 3.8) is 0 Å². The zero-order valence-corrected chi connectivity index (χ0v) is 19.7. The maximum absolute atomic E-state index is 13.5. The van der Waals surface area contributed by atoms with E-state index in [-0.39, 0.29) is 21.4 Å². The summed E-state index contributed by atoms with van der Waals surface area (Å²) in [5, 5.41) is 0.804. The lowest BCUT2D eigenvalue weighted by molar-refractivity contribution is 0.0766. The topological polar surface area (TPSA) is 70.1 Å². The molecule has 9 heteroatoms. The third-order valence-electron chi connectivity index (χ3n) is 4.74. The molecule has 0 spiro atoms. The zero-order chi connectivity index (χ0) is 22.1. The van der Waals surface area contributed by atoms with Gasteiger partial charge in [0.05, 0.1) is 27.6 Å². The number of nitrogens with zero attached hydrogens (tertiary/aromatic N) is 3. The first-order valence-corrected chi connectivity index (χ1v) is 12.1.